The molecule has 0 heterocycles. The van der Waals surface area contributed by atoms with Crippen LogP contribution in [0.5, 0.6) is 5.75 Å². The zero-order chi connectivity index (χ0) is 15.3. The smallest absolute Gasteiger partial charge is 0.305 e. The molecule has 1 aromatic carbocycles. The maximum atomic E-state index is 12.6. The minimum absolute atomic E-state index is 0.0757. The normalized spacial score (nSPS) is 11.8. The number of carbonyl (C=O) groups is 2. The SMILES string of the molecule is CCN(C(=O)c1cc(C)ccc1OC)C(C)CC(=O)O. The predicted molar refractivity (Wildman–Crippen MR) is 76.2 cm³/mol. The summed E-state index contributed by atoms with van der Waals surface area (Å²) in [6.45, 7) is 5.91. The molecule has 1 aromatic rings. The maximum absolute atomic E-state index is 12.6. The van der Waals surface area contributed by atoms with Gasteiger partial charge in [0.25, 0.3) is 5.91 Å². The summed E-state index contributed by atoms with van der Waals surface area (Å²) in [6.07, 6.45) is -0.0757. The molecule has 0 saturated heterocycles. The predicted octanol–water partition coefficient (Wildman–Crippen LogP) is 2.33. The van der Waals surface area contributed by atoms with E-state index in [0.29, 0.717) is 17.9 Å². The third-order valence-electron chi connectivity index (χ3n) is 3.19. The molecular formula is C15H21NO4. The first-order valence-corrected chi connectivity index (χ1v) is 6.58. The van der Waals surface area contributed by atoms with E-state index in [4.69, 9.17) is 9.84 Å². The number of methoxy groups -OCH3 is 1. The van der Waals surface area contributed by atoms with Crippen molar-refractivity contribution in [2.75, 3.05) is 13.7 Å². The first-order valence-electron chi connectivity index (χ1n) is 6.58. The lowest BCUT2D eigenvalue weighted by Crippen LogP contribution is -2.39. The van der Waals surface area contributed by atoms with Gasteiger partial charge in [-0.2, -0.15) is 0 Å². The Hall–Kier alpha value is -2.04. The van der Waals surface area contributed by atoms with Crippen molar-refractivity contribution in [1.29, 1.82) is 0 Å². The van der Waals surface area contributed by atoms with E-state index in [1.54, 1.807) is 24.0 Å². The average Bonchev–Trinajstić information content (AvgIpc) is 2.38. The van der Waals surface area contributed by atoms with Crippen LogP contribution in [0.2, 0.25) is 0 Å². The van der Waals surface area contributed by atoms with Gasteiger partial charge < -0.3 is 14.7 Å². The standard InChI is InChI=1S/C15H21NO4/c1-5-16(11(3)9-14(17)18)15(19)12-8-10(2)6-7-13(12)20-4/h6-8,11H,5,9H2,1-4H3,(H,17,18). The molecule has 5 heteroatoms. The van der Waals surface area contributed by atoms with Gasteiger partial charge in [-0.1, -0.05) is 11.6 Å². The van der Waals surface area contributed by atoms with Crippen LogP contribution in [0, 0.1) is 6.92 Å². The van der Waals surface area contributed by atoms with Gasteiger partial charge in [-0.05, 0) is 32.9 Å². The number of nitrogens with zero attached hydrogens (tertiary/aromatic N) is 1. The topological polar surface area (TPSA) is 66.8 Å². The number of hydrogen-bond acceptors (Lipinski definition) is 3. The third kappa shape index (κ3) is 3.73. The number of carboxylic acids is 1. The van der Waals surface area contributed by atoms with Crippen molar-refractivity contribution in [3.05, 3.63) is 29.3 Å². The monoisotopic (exact) mass is 279 g/mol. The van der Waals surface area contributed by atoms with Gasteiger partial charge in [0.05, 0.1) is 19.1 Å². The largest absolute Gasteiger partial charge is 0.496 e. The van der Waals surface area contributed by atoms with Gasteiger partial charge in [0, 0.05) is 12.6 Å². The van der Waals surface area contributed by atoms with Crippen LogP contribution >= 0.6 is 0 Å². The number of ether oxygens (including phenoxy) is 1. The van der Waals surface area contributed by atoms with Gasteiger partial charge in [-0.25, -0.2) is 0 Å². The molecule has 1 amide bonds. The Morgan fingerprint density at radius 3 is 2.55 bits per heavy atom. The van der Waals surface area contributed by atoms with E-state index in [2.05, 4.69) is 0 Å². The lowest BCUT2D eigenvalue weighted by Gasteiger charge is -2.27. The number of carbonyl (C=O) groups excluding carboxylic acids is 1. The molecule has 5 nitrogen and oxygen atoms in total. The molecule has 0 radical (unpaired) electrons. The highest BCUT2D eigenvalue weighted by atomic mass is 16.5. The molecule has 20 heavy (non-hydrogen) atoms. The Balaban J connectivity index is 3.07. The summed E-state index contributed by atoms with van der Waals surface area (Å²) in [4.78, 5) is 24.9. The van der Waals surface area contributed by atoms with Crippen molar-refractivity contribution >= 4 is 11.9 Å². The van der Waals surface area contributed by atoms with Crippen LogP contribution in [0.15, 0.2) is 18.2 Å². The molecule has 1 atom stereocenters. The maximum Gasteiger partial charge on any atom is 0.305 e. The summed E-state index contributed by atoms with van der Waals surface area (Å²) < 4.78 is 5.21. The van der Waals surface area contributed by atoms with Crippen molar-refractivity contribution < 1.29 is 19.4 Å². The van der Waals surface area contributed by atoms with Crippen molar-refractivity contribution in [3.63, 3.8) is 0 Å². The van der Waals surface area contributed by atoms with Crippen molar-refractivity contribution in [2.24, 2.45) is 0 Å². The number of amides is 1. The summed E-state index contributed by atoms with van der Waals surface area (Å²) in [5.41, 5.74) is 1.42. The molecule has 0 spiro atoms. The van der Waals surface area contributed by atoms with Crippen LogP contribution in [0.4, 0.5) is 0 Å². The van der Waals surface area contributed by atoms with Crippen molar-refractivity contribution in [2.45, 2.75) is 33.2 Å². The Morgan fingerprint density at radius 2 is 2.05 bits per heavy atom. The number of aryl methyl sites for hydroxylation is 1. The van der Waals surface area contributed by atoms with Gasteiger partial charge in [0.1, 0.15) is 5.75 Å². The lowest BCUT2D eigenvalue weighted by molar-refractivity contribution is -0.138. The second-order valence-electron chi connectivity index (χ2n) is 4.74. The Morgan fingerprint density at radius 1 is 1.40 bits per heavy atom. The molecule has 0 aliphatic heterocycles. The molecular weight excluding hydrogens is 258 g/mol. The Labute approximate surface area is 119 Å². The third-order valence-corrected chi connectivity index (χ3v) is 3.19. The van der Waals surface area contributed by atoms with Gasteiger partial charge in [-0.3, -0.25) is 9.59 Å². The van der Waals surface area contributed by atoms with Crippen LogP contribution in [0.1, 0.15) is 36.2 Å². The van der Waals surface area contributed by atoms with E-state index in [0.717, 1.165) is 5.56 Å². The highest BCUT2D eigenvalue weighted by molar-refractivity contribution is 5.97. The minimum Gasteiger partial charge on any atom is -0.496 e. The van der Waals surface area contributed by atoms with E-state index >= 15 is 0 Å². The second-order valence-corrected chi connectivity index (χ2v) is 4.74. The van der Waals surface area contributed by atoms with E-state index in [1.165, 1.54) is 7.11 Å². The molecule has 0 fully saturated rings. The summed E-state index contributed by atoms with van der Waals surface area (Å²) >= 11 is 0. The molecule has 1 rings (SSSR count). The summed E-state index contributed by atoms with van der Waals surface area (Å²) in [5, 5.41) is 8.86. The molecule has 0 aliphatic rings. The zero-order valence-corrected chi connectivity index (χ0v) is 12.3. The van der Waals surface area contributed by atoms with Crippen LogP contribution in [-0.4, -0.2) is 41.6 Å². The number of aliphatic carboxylic acids is 1. The first kappa shape index (κ1) is 16.0. The van der Waals surface area contributed by atoms with Crippen LogP contribution in [0.25, 0.3) is 0 Å². The number of rotatable bonds is 6. The van der Waals surface area contributed by atoms with Crippen molar-refractivity contribution in [1.82, 2.24) is 4.90 Å². The molecule has 0 saturated carbocycles. The quantitative estimate of drug-likeness (QED) is 0.868. The zero-order valence-electron chi connectivity index (χ0n) is 12.3. The number of hydrogen-bond donors (Lipinski definition) is 1. The lowest BCUT2D eigenvalue weighted by atomic mass is 10.1. The average molecular weight is 279 g/mol. The van der Waals surface area contributed by atoms with E-state index in [9.17, 15) is 9.59 Å². The van der Waals surface area contributed by atoms with Crippen LogP contribution in [-0.2, 0) is 4.79 Å². The van der Waals surface area contributed by atoms with Gasteiger partial charge in [0.15, 0.2) is 0 Å². The van der Waals surface area contributed by atoms with Crippen molar-refractivity contribution in [3.8, 4) is 5.75 Å². The van der Waals surface area contributed by atoms with Crippen LogP contribution in [0.3, 0.4) is 0 Å². The summed E-state index contributed by atoms with van der Waals surface area (Å²) in [7, 11) is 1.51. The van der Waals surface area contributed by atoms with Gasteiger partial charge in [-0.15, -0.1) is 0 Å². The number of benzene rings is 1. The van der Waals surface area contributed by atoms with E-state index in [-0.39, 0.29) is 18.4 Å². The van der Waals surface area contributed by atoms with Gasteiger partial charge in [0.2, 0.25) is 0 Å². The van der Waals surface area contributed by atoms with E-state index in [1.807, 2.05) is 19.9 Å². The van der Waals surface area contributed by atoms with Crippen LogP contribution < -0.4 is 4.74 Å². The molecule has 0 aromatic heterocycles. The molecule has 0 aliphatic carbocycles. The molecule has 0 bridgehead atoms. The van der Waals surface area contributed by atoms with Gasteiger partial charge >= 0.3 is 5.97 Å². The fraction of sp³-hybridized carbons (Fsp3) is 0.467. The summed E-state index contributed by atoms with van der Waals surface area (Å²) in [5.74, 6) is -0.622. The molecule has 1 unspecified atom stereocenters. The summed E-state index contributed by atoms with van der Waals surface area (Å²) in [6, 6.07) is 5.01. The fourth-order valence-corrected chi connectivity index (χ4v) is 2.16. The fourth-order valence-electron chi connectivity index (χ4n) is 2.16. The second kappa shape index (κ2) is 6.93. The number of carboxylic acid groups (broad SMARTS) is 1. The molecule has 1 N–H and O–H groups in total. The molecule has 110 valence electrons. The minimum atomic E-state index is -0.917. The Kier molecular flexibility index (Phi) is 5.55. The van der Waals surface area contributed by atoms with E-state index < -0.39 is 5.97 Å². The highest BCUT2D eigenvalue weighted by Crippen LogP contribution is 2.22. The highest BCUT2D eigenvalue weighted by Gasteiger charge is 2.24. The first-order chi connectivity index (χ1) is 9.40. The Bertz CT molecular complexity index is 499.